The predicted molar refractivity (Wildman–Crippen MR) is 75.5 cm³/mol. The number of nitrogens with zero attached hydrogens (tertiary/aromatic N) is 1. The number of hydrogen-bond acceptors (Lipinski definition) is 3. The summed E-state index contributed by atoms with van der Waals surface area (Å²) in [6.45, 7) is 14.3. The lowest BCUT2D eigenvalue weighted by Crippen LogP contribution is -2.48. The highest BCUT2D eigenvalue weighted by Gasteiger charge is 2.28. The Morgan fingerprint density at radius 2 is 1.88 bits per heavy atom. The van der Waals surface area contributed by atoms with Gasteiger partial charge in [0.1, 0.15) is 0 Å². The van der Waals surface area contributed by atoms with E-state index in [4.69, 9.17) is 4.74 Å². The zero-order valence-corrected chi connectivity index (χ0v) is 12.8. The van der Waals surface area contributed by atoms with Gasteiger partial charge in [-0.3, -0.25) is 0 Å². The zero-order valence-electron chi connectivity index (χ0n) is 12.8. The second-order valence-corrected chi connectivity index (χ2v) is 5.88. The first-order valence-corrected chi connectivity index (χ1v) is 6.77. The SMILES string of the molecule is CCCNC(C)C(C)(C)CN(C)C(C)COC. The van der Waals surface area contributed by atoms with Gasteiger partial charge in [0, 0.05) is 25.7 Å². The maximum atomic E-state index is 5.21. The lowest BCUT2D eigenvalue weighted by atomic mass is 9.84. The summed E-state index contributed by atoms with van der Waals surface area (Å²) in [6, 6.07) is 0.997. The Hall–Kier alpha value is -0.120. The van der Waals surface area contributed by atoms with E-state index in [-0.39, 0.29) is 5.41 Å². The Morgan fingerprint density at radius 3 is 2.35 bits per heavy atom. The average Bonchev–Trinajstić information content (AvgIpc) is 2.25. The summed E-state index contributed by atoms with van der Waals surface area (Å²) in [7, 11) is 3.94. The summed E-state index contributed by atoms with van der Waals surface area (Å²) < 4.78 is 5.21. The molecule has 2 atom stereocenters. The molecule has 0 aliphatic carbocycles. The molecule has 0 saturated heterocycles. The van der Waals surface area contributed by atoms with Gasteiger partial charge < -0.3 is 15.0 Å². The van der Waals surface area contributed by atoms with Crippen LogP contribution in [-0.2, 0) is 4.74 Å². The first kappa shape index (κ1) is 16.9. The third kappa shape index (κ3) is 6.39. The molecule has 0 saturated carbocycles. The van der Waals surface area contributed by atoms with Crippen molar-refractivity contribution in [1.29, 1.82) is 0 Å². The van der Waals surface area contributed by atoms with Crippen molar-refractivity contribution in [3.8, 4) is 0 Å². The lowest BCUT2D eigenvalue weighted by molar-refractivity contribution is 0.0796. The topological polar surface area (TPSA) is 24.5 Å². The number of hydrogen-bond donors (Lipinski definition) is 1. The molecular weight excluding hydrogens is 212 g/mol. The summed E-state index contributed by atoms with van der Waals surface area (Å²) in [5.74, 6) is 0. The maximum absolute atomic E-state index is 5.21. The number of likely N-dealkylation sites (N-methyl/N-ethyl adjacent to an activating group) is 1. The molecule has 0 aromatic carbocycles. The van der Waals surface area contributed by atoms with Crippen LogP contribution in [0.2, 0.25) is 0 Å². The Kier molecular flexibility index (Phi) is 8.01. The van der Waals surface area contributed by atoms with Crippen LogP contribution in [0.15, 0.2) is 0 Å². The number of ether oxygens (including phenoxy) is 1. The van der Waals surface area contributed by atoms with E-state index in [0.717, 1.165) is 19.7 Å². The van der Waals surface area contributed by atoms with Gasteiger partial charge in [0.15, 0.2) is 0 Å². The quantitative estimate of drug-likeness (QED) is 0.674. The molecule has 0 amide bonds. The average molecular weight is 244 g/mol. The maximum Gasteiger partial charge on any atom is 0.0615 e. The third-order valence-electron chi connectivity index (χ3n) is 3.69. The molecular formula is C14H32N2O. The Bertz CT molecular complexity index is 195. The lowest BCUT2D eigenvalue weighted by Gasteiger charge is -2.38. The highest BCUT2D eigenvalue weighted by molar-refractivity contribution is 4.84. The molecule has 2 unspecified atom stereocenters. The summed E-state index contributed by atoms with van der Waals surface area (Å²) >= 11 is 0. The minimum Gasteiger partial charge on any atom is -0.383 e. The minimum atomic E-state index is 0.270. The molecule has 0 fully saturated rings. The summed E-state index contributed by atoms with van der Waals surface area (Å²) in [6.07, 6.45) is 1.19. The van der Waals surface area contributed by atoms with Crippen LogP contribution in [0.25, 0.3) is 0 Å². The minimum absolute atomic E-state index is 0.270. The first-order chi connectivity index (χ1) is 7.85. The molecule has 0 rings (SSSR count). The number of nitrogens with one attached hydrogen (secondary N) is 1. The number of methoxy groups -OCH3 is 1. The smallest absolute Gasteiger partial charge is 0.0615 e. The van der Waals surface area contributed by atoms with E-state index < -0.39 is 0 Å². The molecule has 0 heterocycles. The van der Waals surface area contributed by atoms with E-state index in [1.54, 1.807) is 7.11 Å². The zero-order chi connectivity index (χ0) is 13.5. The van der Waals surface area contributed by atoms with Gasteiger partial charge in [0.25, 0.3) is 0 Å². The van der Waals surface area contributed by atoms with Gasteiger partial charge >= 0.3 is 0 Å². The largest absolute Gasteiger partial charge is 0.383 e. The van der Waals surface area contributed by atoms with Gasteiger partial charge in [-0.05, 0) is 39.3 Å². The Labute approximate surface area is 108 Å². The van der Waals surface area contributed by atoms with Crippen molar-refractivity contribution < 1.29 is 4.74 Å². The normalized spacial score (nSPS) is 16.2. The first-order valence-electron chi connectivity index (χ1n) is 6.77. The van der Waals surface area contributed by atoms with Crippen LogP contribution in [0.5, 0.6) is 0 Å². The second kappa shape index (κ2) is 8.06. The van der Waals surface area contributed by atoms with Crippen molar-refractivity contribution in [3.05, 3.63) is 0 Å². The molecule has 0 aliphatic heterocycles. The molecule has 0 aromatic rings. The fraction of sp³-hybridized carbons (Fsp3) is 1.00. The molecule has 0 spiro atoms. The molecule has 1 N–H and O–H groups in total. The van der Waals surface area contributed by atoms with E-state index in [1.165, 1.54) is 6.42 Å². The summed E-state index contributed by atoms with van der Waals surface area (Å²) in [5, 5.41) is 3.59. The van der Waals surface area contributed by atoms with Crippen molar-refractivity contribution in [2.45, 2.75) is 53.1 Å². The van der Waals surface area contributed by atoms with Crippen molar-refractivity contribution in [2.24, 2.45) is 5.41 Å². The van der Waals surface area contributed by atoms with Crippen LogP contribution in [0.4, 0.5) is 0 Å². The van der Waals surface area contributed by atoms with E-state index in [0.29, 0.717) is 12.1 Å². The van der Waals surface area contributed by atoms with Crippen LogP contribution in [0, 0.1) is 5.41 Å². The molecule has 17 heavy (non-hydrogen) atoms. The van der Waals surface area contributed by atoms with Gasteiger partial charge in [0.2, 0.25) is 0 Å². The molecule has 0 aromatic heterocycles. The monoisotopic (exact) mass is 244 g/mol. The van der Waals surface area contributed by atoms with Crippen molar-refractivity contribution in [2.75, 3.05) is 33.9 Å². The van der Waals surface area contributed by atoms with Crippen molar-refractivity contribution in [3.63, 3.8) is 0 Å². The molecule has 0 radical (unpaired) electrons. The summed E-state index contributed by atoms with van der Waals surface area (Å²) in [4.78, 5) is 2.38. The van der Waals surface area contributed by atoms with Crippen LogP contribution in [0.3, 0.4) is 0 Å². The van der Waals surface area contributed by atoms with Gasteiger partial charge in [-0.25, -0.2) is 0 Å². The molecule has 0 aliphatic rings. The fourth-order valence-electron chi connectivity index (χ4n) is 1.94. The Morgan fingerprint density at radius 1 is 1.29 bits per heavy atom. The van der Waals surface area contributed by atoms with Crippen LogP contribution < -0.4 is 5.32 Å². The molecule has 3 heteroatoms. The van der Waals surface area contributed by atoms with Gasteiger partial charge in [-0.2, -0.15) is 0 Å². The van der Waals surface area contributed by atoms with Crippen molar-refractivity contribution in [1.82, 2.24) is 10.2 Å². The third-order valence-corrected chi connectivity index (χ3v) is 3.69. The molecule has 104 valence electrons. The van der Waals surface area contributed by atoms with Crippen LogP contribution in [0.1, 0.15) is 41.0 Å². The van der Waals surface area contributed by atoms with Crippen LogP contribution in [-0.4, -0.2) is 50.8 Å². The van der Waals surface area contributed by atoms with Crippen LogP contribution >= 0.6 is 0 Å². The van der Waals surface area contributed by atoms with Gasteiger partial charge in [-0.15, -0.1) is 0 Å². The highest BCUT2D eigenvalue weighted by atomic mass is 16.5. The Balaban J connectivity index is 4.21. The fourth-order valence-corrected chi connectivity index (χ4v) is 1.94. The standard InChI is InChI=1S/C14H32N2O/c1-8-9-15-13(3)14(4,5)11-16(6)12(2)10-17-7/h12-13,15H,8-11H2,1-7H3. The van der Waals surface area contributed by atoms with E-state index in [1.807, 2.05) is 0 Å². The summed E-state index contributed by atoms with van der Waals surface area (Å²) in [5.41, 5.74) is 0.270. The van der Waals surface area contributed by atoms with E-state index >= 15 is 0 Å². The van der Waals surface area contributed by atoms with E-state index in [2.05, 4.69) is 51.9 Å². The van der Waals surface area contributed by atoms with Crippen molar-refractivity contribution >= 4 is 0 Å². The highest BCUT2D eigenvalue weighted by Crippen LogP contribution is 2.22. The van der Waals surface area contributed by atoms with Gasteiger partial charge in [0.05, 0.1) is 6.61 Å². The van der Waals surface area contributed by atoms with Gasteiger partial charge in [-0.1, -0.05) is 20.8 Å². The molecule has 0 bridgehead atoms. The predicted octanol–water partition coefficient (Wildman–Crippen LogP) is 2.37. The molecule has 3 nitrogen and oxygen atoms in total. The second-order valence-electron chi connectivity index (χ2n) is 5.88. The van der Waals surface area contributed by atoms with E-state index in [9.17, 15) is 0 Å². The number of rotatable bonds is 9.